The van der Waals surface area contributed by atoms with Crippen LogP contribution in [0, 0.1) is 0 Å². The van der Waals surface area contributed by atoms with Crippen LogP contribution in [0.3, 0.4) is 0 Å². The zero-order valence-electron chi connectivity index (χ0n) is 12.5. The zero-order valence-corrected chi connectivity index (χ0v) is 12.5. The molecule has 0 aromatic heterocycles. The van der Waals surface area contributed by atoms with Crippen LogP contribution in [0.5, 0.6) is 0 Å². The molecule has 0 radical (unpaired) electrons. The normalized spacial score (nSPS) is 10.6. The van der Waals surface area contributed by atoms with Crippen LogP contribution in [-0.4, -0.2) is 6.54 Å². The lowest BCUT2D eigenvalue weighted by Gasteiger charge is -2.23. The molecule has 2 aromatic carbocycles. The van der Waals surface area contributed by atoms with E-state index in [0.717, 1.165) is 19.5 Å². The van der Waals surface area contributed by atoms with Crippen LogP contribution in [-0.2, 0) is 19.5 Å². The first-order valence-corrected chi connectivity index (χ1v) is 7.38. The number of anilines is 1. The van der Waals surface area contributed by atoms with Crippen molar-refractivity contribution in [1.29, 1.82) is 0 Å². The molecule has 0 aliphatic carbocycles. The standard InChI is InChI=1S/C18H24N2/c1-3-15-5-7-17(8-6-15)14-20(4-2)18-11-9-16(13-19)10-12-18/h5-12H,3-4,13-14,19H2,1-2H3. The Balaban J connectivity index is 2.10. The first-order valence-electron chi connectivity index (χ1n) is 7.38. The lowest BCUT2D eigenvalue weighted by Crippen LogP contribution is -2.21. The molecule has 2 rings (SSSR count). The van der Waals surface area contributed by atoms with Crippen molar-refractivity contribution in [3.63, 3.8) is 0 Å². The van der Waals surface area contributed by atoms with E-state index >= 15 is 0 Å². The van der Waals surface area contributed by atoms with Crippen LogP contribution in [0.15, 0.2) is 48.5 Å². The predicted molar refractivity (Wildman–Crippen MR) is 86.9 cm³/mol. The summed E-state index contributed by atoms with van der Waals surface area (Å²) in [5.41, 5.74) is 10.8. The fourth-order valence-electron chi connectivity index (χ4n) is 2.33. The Morgan fingerprint density at radius 3 is 1.85 bits per heavy atom. The summed E-state index contributed by atoms with van der Waals surface area (Å²) in [6.45, 7) is 6.93. The highest BCUT2D eigenvalue weighted by molar-refractivity contribution is 5.48. The Labute approximate surface area is 122 Å². The van der Waals surface area contributed by atoms with Crippen LogP contribution in [0.4, 0.5) is 5.69 Å². The van der Waals surface area contributed by atoms with Gasteiger partial charge in [-0.2, -0.15) is 0 Å². The molecule has 0 spiro atoms. The minimum absolute atomic E-state index is 0.602. The van der Waals surface area contributed by atoms with E-state index in [1.165, 1.54) is 22.4 Å². The van der Waals surface area contributed by atoms with Gasteiger partial charge in [-0.3, -0.25) is 0 Å². The van der Waals surface area contributed by atoms with Gasteiger partial charge in [0.2, 0.25) is 0 Å². The summed E-state index contributed by atoms with van der Waals surface area (Å²) in [4.78, 5) is 2.38. The van der Waals surface area contributed by atoms with Crippen molar-refractivity contribution in [1.82, 2.24) is 0 Å². The molecule has 0 amide bonds. The molecule has 106 valence electrons. The number of rotatable bonds is 6. The molecule has 2 heteroatoms. The molecule has 2 aromatic rings. The lowest BCUT2D eigenvalue weighted by atomic mass is 10.1. The first-order chi connectivity index (χ1) is 9.76. The SMILES string of the molecule is CCc1ccc(CN(CC)c2ccc(CN)cc2)cc1. The molecule has 0 heterocycles. The molecule has 0 saturated heterocycles. The van der Waals surface area contributed by atoms with Gasteiger partial charge in [0.05, 0.1) is 0 Å². The summed E-state index contributed by atoms with van der Waals surface area (Å²) in [5, 5.41) is 0. The molecule has 0 atom stereocenters. The Kier molecular flexibility index (Phi) is 5.19. The molecule has 0 aliphatic heterocycles. The Morgan fingerprint density at radius 1 is 0.800 bits per heavy atom. The van der Waals surface area contributed by atoms with Gasteiger partial charge in [-0.25, -0.2) is 0 Å². The van der Waals surface area contributed by atoms with E-state index < -0.39 is 0 Å². The Hall–Kier alpha value is -1.80. The van der Waals surface area contributed by atoms with Crippen molar-refractivity contribution in [3.8, 4) is 0 Å². The summed E-state index contributed by atoms with van der Waals surface area (Å²) in [6, 6.07) is 17.4. The molecule has 0 fully saturated rings. The Bertz CT molecular complexity index is 514. The van der Waals surface area contributed by atoms with Crippen molar-refractivity contribution >= 4 is 5.69 Å². The van der Waals surface area contributed by atoms with Gasteiger partial charge < -0.3 is 10.6 Å². The summed E-state index contributed by atoms with van der Waals surface area (Å²) < 4.78 is 0. The second-order valence-corrected chi connectivity index (χ2v) is 5.05. The second kappa shape index (κ2) is 7.11. The number of hydrogen-bond donors (Lipinski definition) is 1. The number of nitrogens with two attached hydrogens (primary N) is 1. The van der Waals surface area contributed by atoms with Crippen LogP contribution >= 0.6 is 0 Å². The summed E-state index contributed by atoms with van der Waals surface area (Å²) >= 11 is 0. The van der Waals surface area contributed by atoms with Crippen LogP contribution < -0.4 is 10.6 Å². The first kappa shape index (κ1) is 14.6. The van der Waals surface area contributed by atoms with E-state index in [-0.39, 0.29) is 0 Å². The van der Waals surface area contributed by atoms with Crippen molar-refractivity contribution in [2.45, 2.75) is 33.4 Å². The predicted octanol–water partition coefficient (Wildman–Crippen LogP) is 3.73. The number of hydrogen-bond acceptors (Lipinski definition) is 2. The fraction of sp³-hybridized carbons (Fsp3) is 0.333. The third-order valence-electron chi connectivity index (χ3n) is 3.72. The van der Waals surface area contributed by atoms with E-state index in [0.29, 0.717) is 6.54 Å². The van der Waals surface area contributed by atoms with Gasteiger partial charge in [0.25, 0.3) is 0 Å². The molecule has 20 heavy (non-hydrogen) atoms. The van der Waals surface area contributed by atoms with E-state index in [9.17, 15) is 0 Å². The van der Waals surface area contributed by atoms with Gasteiger partial charge in [-0.15, -0.1) is 0 Å². The van der Waals surface area contributed by atoms with E-state index in [2.05, 4.69) is 67.3 Å². The largest absolute Gasteiger partial charge is 0.367 e. The Morgan fingerprint density at radius 2 is 1.35 bits per heavy atom. The maximum Gasteiger partial charge on any atom is 0.0429 e. The number of benzene rings is 2. The van der Waals surface area contributed by atoms with E-state index in [4.69, 9.17) is 5.73 Å². The molecule has 0 saturated carbocycles. The van der Waals surface area contributed by atoms with Gasteiger partial charge in [-0.1, -0.05) is 43.3 Å². The van der Waals surface area contributed by atoms with Crippen LogP contribution in [0.2, 0.25) is 0 Å². The van der Waals surface area contributed by atoms with Gasteiger partial charge >= 0.3 is 0 Å². The summed E-state index contributed by atoms with van der Waals surface area (Å²) in [6.07, 6.45) is 1.10. The molecule has 0 bridgehead atoms. The second-order valence-electron chi connectivity index (χ2n) is 5.05. The number of aryl methyl sites for hydroxylation is 1. The molecule has 2 N–H and O–H groups in total. The molecule has 2 nitrogen and oxygen atoms in total. The van der Waals surface area contributed by atoms with Crippen molar-refractivity contribution in [3.05, 3.63) is 65.2 Å². The molecular formula is C18H24N2. The summed E-state index contributed by atoms with van der Waals surface area (Å²) in [7, 11) is 0. The minimum atomic E-state index is 0.602. The smallest absolute Gasteiger partial charge is 0.0429 e. The van der Waals surface area contributed by atoms with E-state index in [1.54, 1.807) is 0 Å². The third-order valence-corrected chi connectivity index (χ3v) is 3.72. The maximum absolute atomic E-state index is 5.65. The average Bonchev–Trinajstić information content (AvgIpc) is 2.53. The quantitative estimate of drug-likeness (QED) is 0.865. The monoisotopic (exact) mass is 268 g/mol. The molecule has 0 aliphatic rings. The highest BCUT2D eigenvalue weighted by atomic mass is 15.1. The van der Waals surface area contributed by atoms with Gasteiger partial charge in [0.1, 0.15) is 0 Å². The van der Waals surface area contributed by atoms with Gasteiger partial charge in [0.15, 0.2) is 0 Å². The molecule has 0 unspecified atom stereocenters. The maximum atomic E-state index is 5.65. The molecular weight excluding hydrogens is 244 g/mol. The fourth-order valence-corrected chi connectivity index (χ4v) is 2.33. The van der Waals surface area contributed by atoms with Gasteiger partial charge in [0, 0.05) is 25.3 Å². The highest BCUT2D eigenvalue weighted by Crippen LogP contribution is 2.18. The van der Waals surface area contributed by atoms with Crippen molar-refractivity contribution in [2.75, 3.05) is 11.4 Å². The average molecular weight is 268 g/mol. The lowest BCUT2D eigenvalue weighted by molar-refractivity contribution is 0.830. The summed E-state index contributed by atoms with van der Waals surface area (Å²) in [5.74, 6) is 0. The van der Waals surface area contributed by atoms with Crippen molar-refractivity contribution in [2.24, 2.45) is 5.73 Å². The third kappa shape index (κ3) is 3.61. The van der Waals surface area contributed by atoms with Crippen molar-refractivity contribution < 1.29 is 0 Å². The minimum Gasteiger partial charge on any atom is -0.367 e. The van der Waals surface area contributed by atoms with Crippen LogP contribution in [0.25, 0.3) is 0 Å². The van der Waals surface area contributed by atoms with E-state index in [1.807, 2.05) is 0 Å². The topological polar surface area (TPSA) is 29.3 Å². The zero-order chi connectivity index (χ0) is 14.4. The van der Waals surface area contributed by atoms with Gasteiger partial charge in [-0.05, 0) is 42.2 Å². The van der Waals surface area contributed by atoms with Crippen LogP contribution in [0.1, 0.15) is 30.5 Å². The highest BCUT2D eigenvalue weighted by Gasteiger charge is 2.05. The number of nitrogens with zero attached hydrogens (tertiary/aromatic N) is 1.